The fourth-order valence-electron chi connectivity index (χ4n) is 2.62. The second-order valence-electron chi connectivity index (χ2n) is 4.74. The molecule has 1 aliphatic heterocycles. The van der Waals surface area contributed by atoms with E-state index in [4.69, 9.17) is 4.99 Å². The van der Waals surface area contributed by atoms with E-state index in [1.54, 1.807) is 0 Å². The largest absolute Gasteiger partial charge is 0.393 e. The number of amidine groups is 1. The average Bonchev–Trinajstić information content (AvgIpc) is 2.72. The minimum atomic E-state index is -0.169. The molecule has 3 atom stereocenters. The molecule has 2 aliphatic rings. The van der Waals surface area contributed by atoms with Crippen LogP contribution in [0.3, 0.4) is 0 Å². The van der Waals surface area contributed by atoms with Crippen molar-refractivity contribution in [3.8, 4) is 0 Å². The summed E-state index contributed by atoms with van der Waals surface area (Å²) >= 11 is 3.55. The van der Waals surface area contributed by atoms with Crippen LogP contribution in [0.1, 0.15) is 24.8 Å². The van der Waals surface area contributed by atoms with Gasteiger partial charge in [0.05, 0.1) is 18.2 Å². The number of hydrogen-bond acceptors (Lipinski definition) is 3. The van der Waals surface area contributed by atoms with Crippen LogP contribution in [0, 0.1) is 0 Å². The normalized spacial score (nSPS) is 31.6. The summed E-state index contributed by atoms with van der Waals surface area (Å²) < 4.78 is 1.06. The van der Waals surface area contributed by atoms with Crippen LogP contribution in [0.25, 0.3) is 0 Å². The molecule has 0 bridgehead atoms. The van der Waals surface area contributed by atoms with Crippen LogP contribution in [-0.2, 0) is 0 Å². The molecule has 0 aromatic heterocycles. The number of fused-ring (bicyclic) bond motifs is 1. The maximum absolute atomic E-state index is 9.67. The molecular weight excluding hydrogens is 280 g/mol. The molecule has 90 valence electrons. The summed E-state index contributed by atoms with van der Waals surface area (Å²) in [6.45, 7) is 0. The van der Waals surface area contributed by atoms with Crippen LogP contribution in [0.15, 0.2) is 33.7 Å². The minimum Gasteiger partial charge on any atom is -0.393 e. The van der Waals surface area contributed by atoms with Crippen molar-refractivity contribution in [2.24, 2.45) is 4.99 Å². The molecule has 1 heterocycles. The van der Waals surface area contributed by atoms with Crippen LogP contribution in [0.4, 0.5) is 0 Å². The second kappa shape index (κ2) is 4.42. The van der Waals surface area contributed by atoms with Crippen molar-refractivity contribution in [1.29, 1.82) is 0 Å². The maximum atomic E-state index is 9.67. The van der Waals surface area contributed by atoms with Crippen LogP contribution >= 0.6 is 15.9 Å². The molecule has 0 saturated heterocycles. The first kappa shape index (κ1) is 11.2. The fraction of sp³-hybridized carbons (Fsp3) is 0.462. The summed E-state index contributed by atoms with van der Waals surface area (Å²) in [5.41, 5.74) is 1.11. The highest BCUT2D eigenvalue weighted by molar-refractivity contribution is 9.10. The Bertz CT molecular complexity index is 460. The molecule has 1 aliphatic carbocycles. The van der Waals surface area contributed by atoms with Crippen LogP contribution in [0.2, 0.25) is 0 Å². The number of aliphatic imine (C=N–C) groups is 1. The molecule has 1 aromatic carbocycles. The van der Waals surface area contributed by atoms with E-state index >= 15 is 0 Å². The summed E-state index contributed by atoms with van der Waals surface area (Å²) in [7, 11) is 0. The van der Waals surface area contributed by atoms with Crippen molar-refractivity contribution >= 4 is 21.8 Å². The Morgan fingerprint density at radius 3 is 2.94 bits per heavy atom. The van der Waals surface area contributed by atoms with Gasteiger partial charge >= 0.3 is 0 Å². The third-order valence-electron chi connectivity index (χ3n) is 3.53. The van der Waals surface area contributed by atoms with Crippen LogP contribution < -0.4 is 5.32 Å². The van der Waals surface area contributed by atoms with Crippen molar-refractivity contribution in [1.82, 2.24) is 5.32 Å². The molecule has 3 unspecified atom stereocenters. The van der Waals surface area contributed by atoms with Crippen molar-refractivity contribution in [2.45, 2.75) is 37.5 Å². The zero-order valence-electron chi connectivity index (χ0n) is 9.44. The SMILES string of the molecule is OC1CCC2N=C(c3ccccc3Br)NC2C1. The fourth-order valence-corrected chi connectivity index (χ4v) is 3.09. The first-order valence-corrected chi connectivity index (χ1v) is 6.80. The third kappa shape index (κ3) is 2.11. The van der Waals surface area contributed by atoms with Crippen molar-refractivity contribution in [3.05, 3.63) is 34.3 Å². The van der Waals surface area contributed by atoms with E-state index in [0.29, 0.717) is 12.1 Å². The summed E-state index contributed by atoms with van der Waals surface area (Å²) in [4.78, 5) is 4.74. The van der Waals surface area contributed by atoms with E-state index in [1.807, 2.05) is 18.2 Å². The second-order valence-corrected chi connectivity index (χ2v) is 5.60. The number of nitrogens with one attached hydrogen (secondary N) is 1. The maximum Gasteiger partial charge on any atom is 0.130 e. The third-order valence-corrected chi connectivity index (χ3v) is 4.22. The summed E-state index contributed by atoms with van der Waals surface area (Å²) in [6.07, 6.45) is 2.49. The standard InChI is InChI=1S/C13H15BrN2O/c14-10-4-2-1-3-9(10)13-15-11-6-5-8(17)7-12(11)16-13/h1-4,8,11-12,17H,5-7H2,(H,15,16). The van der Waals surface area contributed by atoms with Gasteiger partial charge in [0.1, 0.15) is 5.84 Å². The first-order valence-electron chi connectivity index (χ1n) is 6.01. The van der Waals surface area contributed by atoms with Crippen LogP contribution in [0.5, 0.6) is 0 Å². The number of rotatable bonds is 1. The summed E-state index contributed by atoms with van der Waals surface area (Å²) in [5.74, 6) is 0.960. The molecule has 4 heteroatoms. The minimum absolute atomic E-state index is 0.169. The van der Waals surface area contributed by atoms with Gasteiger partial charge in [0.15, 0.2) is 0 Å². The van der Waals surface area contributed by atoms with Gasteiger partial charge in [-0.15, -0.1) is 0 Å². The number of aliphatic hydroxyl groups excluding tert-OH is 1. The lowest BCUT2D eigenvalue weighted by molar-refractivity contribution is 0.112. The highest BCUT2D eigenvalue weighted by atomic mass is 79.9. The van der Waals surface area contributed by atoms with Gasteiger partial charge in [-0.3, -0.25) is 4.99 Å². The lowest BCUT2D eigenvalue weighted by atomic mass is 9.90. The highest BCUT2D eigenvalue weighted by Crippen LogP contribution is 2.28. The number of hydrogen-bond donors (Lipinski definition) is 2. The molecule has 0 spiro atoms. The van der Waals surface area contributed by atoms with Gasteiger partial charge < -0.3 is 10.4 Å². The Hall–Kier alpha value is -0.870. The molecule has 17 heavy (non-hydrogen) atoms. The Balaban J connectivity index is 1.85. The molecule has 3 rings (SSSR count). The van der Waals surface area contributed by atoms with Gasteiger partial charge in [-0.2, -0.15) is 0 Å². The van der Waals surface area contributed by atoms with E-state index in [2.05, 4.69) is 27.3 Å². The topological polar surface area (TPSA) is 44.6 Å². The van der Waals surface area contributed by atoms with Gasteiger partial charge in [0, 0.05) is 10.0 Å². The Morgan fingerprint density at radius 1 is 1.29 bits per heavy atom. The van der Waals surface area contributed by atoms with Gasteiger partial charge in [0.2, 0.25) is 0 Å². The predicted molar refractivity (Wildman–Crippen MR) is 71.2 cm³/mol. The predicted octanol–water partition coefficient (Wildman–Crippen LogP) is 2.08. The van der Waals surface area contributed by atoms with Gasteiger partial charge in [-0.1, -0.05) is 34.1 Å². The van der Waals surface area contributed by atoms with E-state index in [0.717, 1.165) is 35.1 Å². The molecule has 1 saturated carbocycles. The summed E-state index contributed by atoms with van der Waals surface area (Å²) in [6, 6.07) is 8.74. The number of nitrogens with zero attached hydrogens (tertiary/aromatic N) is 1. The van der Waals surface area contributed by atoms with E-state index in [9.17, 15) is 5.11 Å². The number of aliphatic hydroxyl groups is 1. The monoisotopic (exact) mass is 294 g/mol. The summed E-state index contributed by atoms with van der Waals surface area (Å²) in [5, 5.41) is 13.1. The molecule has 1 aromatic rings. The average molecular weight is 295 g/mol. The molecule has 3 nitrogen and oxygen atoms in total. The lowest BCUT2D eigenvalue weighted by Gasteiger charge is -2.27. The zero-order valence-corrected chi connectivity index (χ0v) is 11.0. The highest BCUT2D eigenvalue weighted by Gasteiger charge is 2.34. The Morgan fingerprint density at radius 2 is 2.12 bits per heavy atom. The van der Waals surface area contributed by atoms with E-state index in [-0.39, 0.29) is 6.10 Å². The number of benzene rings is 1. The Kier molecular flexibility index (Phi) is 2.92. The molecular formula is C13H15BrN2O. The van der Waals surface area contributed by atoms with E-state index < -0.39 is 0 Å². The molecule has 2 N–H and O–H groups in total. The van der Waals surface area contributed by atoms with E-state index in [1.165, 1.54) is 0 Å². The molecule has 0 radical (unpaired) electrons. The van der Waals surface area contributed by atoms with Crippen LogP contribution in [-0.4, -0.2) is 29.1 Å². The quantitative estimate of drug-likeness (QED) is 0.833. The van der Waals surface area contributed by atoms with Crippen molar-refractivity contribution in [3.63, 3.8) is 0 Å². The van der Waals surface area contributed by atoms with Gasteiger partial charge in [0.25, 0.3) is 0 Å². The zero-order chi connectivity index (χ0) is 11.8. The van der Waals surface area contributed by atoms with Gasteiger partial charge in [-0.05, 0) is 25.3 Å². The Labute approximate surface area is 109 Å². The first-order chi connectivity index (χ1) is 8.24. The molecule has 1 fully saturated rings. The smallest absolute Gasteiger partial charge is 0.130 e. The van der Waals surface area contributed by atoms with Crippen molar-refractivity contribution in [2.75, 3.05) is 0 Å². The van der Waals surface area contributed by atoms with Gasteiger partial charge in [-0.25, -0.2) is 0 Å². The molecule has 0 amide bonds. The lowest BCUT2D eigenvalue weighted by Crippen LogP contribution is -2.41. The van der Waals surface area contributed by atoms with Crippen molar-refractivity contribution < 1.29 is 5.11 Å². The number of halogens is 1.